The number of hydrogen-bond acceptors (Lipinski definition) is 3. The Labute approximate surface area is 80.7 Å². The quantitative estimate of drug-likeness (QED) is 0.696. The fraction of sp³-hybridized carbons (Fsp3) is 1.00. The normalized spacial score (nSPS) is 30.9. The fourth-order valence-electron chi connectivity index (χ4n) is 1.80. The van der Waals surface area contributed by atoms with Crippen LogP contribution in [0.5, 0.6) is 0 Å². The highest BCUT2D eigenvalue weighted by Crippen LogP contribution is 2.13. The number of aliphatic hydroxyl groups is 1. The lowest BCUT2D eigenvalue weighted by molar-refractivity contribution is 0.0359. The summed E-state index contributed by atoms with van der Waals surface area (Å²) in [5.74, 6) is 0. The van der Waals surface area contributed by atoms with E-state index in [9.17, 15) is 5.11 Å². The molecule has 13 heavy (non-hydrogen) atoms. The van der Waals surface area contributed by atoms with Crippen LogP contribution in [0.3, 0.4) is 0 Å². The molecule has 0 radical (unpaired) electrons. The third-order valence-electron chi connectivity index (χ3n) is 2.85. The first-order valence-corrected chi connectivity index (χ1v) is 5.14. The van der Waals surface area contributed by atoms with Crippen LogP contribution in [-0.2, 0) is 4.74 Å². The summed E-state index contributed by atoms with van der Waals surface area (Å²) in [5, 5.41) is 9.50. The maximum atomic E-state index is 9.50. The molecule has 0 aromatic heterocycles. The van der Waals surface area contributed by atoms with Gasteiger partial charge in [-0.1, -0.05) is 0 Å². The summed E-state index contributed by atoms with van der Waals surface area (Å²) in [6.45, 7) is 8.76. The fourth-order valence-corrected chi connectivity index (χ4v) is 1.80. The molecule has 1 saturated heterocycles. The zero-order valence-electron chi connectivity index (χ0n) is 8.86. The molecule has 1 aliphatic heterocycles. The monoisotopic (exact) mass is 187 g/mol. The van der Waals surface area contributed by atoms with Crippen molar-refractivity contribution in [3.63, 3.8) is 0 Å². The molecule has 0 saturated carbocycles. The van der Waals surface area contributed by atoms with Crippen molar-refractivity contribution in [2.24, 2.45) is 0 Å². The van der Waals surface area contributed by atoms with E-state index in [0.29, 0.717) is 6.04 Å². The summed E-state index contributed by atoms with van der Waals surface area (Å²) in [5.41, 5.74) is 0. The van der Waals surface area contributed by atoms with E-state index < -0.39 is 0 Å². The Morgan fingerprint density at radius 3 is 2.77 bits per heavy atom. The number of hydrogen-bond donors (Lipinski definition) is 1. The molecule has 0 aromatic rings. The Morgan fingerprint density at radius 2 is 2.15 bits per heavy atom. The molecule has 3 atom stereocenters. The van der Waals surface area contributed by atoms with Gasteiger partial charge in [0.25, 0.3) is 0 Å². The standard InChI is InChI=1S/C10H21NO2/c1-8-7-13-6-4-5-11(8)9(2)10(3)12/h8-10,12H,4-7H2,1-3H3. The largest absolute Gasteiger partial charge is 0.392 e. The van der Waals surface area contributed by atoms with E-state index >= 15 is 0 Å². The van der Waals surface area contributed by atoms with Gasteiger partial charge in [-0.2, -0.15) is 0 Å². The molecule has 1 aliphatic rings. The molecule has 0 bridgehead atoms. The van der Waals surface area contributed by atoms with Gasteiger partial charge >= 0.3 is 0 Å². The summed E-state index contributed by atoms with van der Waals surface area (Å²) in [6.07, 6.45) is 0.807. The first-order valence-electron chi connectivity index (χ1n) is 5.14. The maximum Gasteiger partial charge on any atom is 0.0664 e. The number of ether oxygens (including phenoxy) is 1. The van der Waals surface area contributed by atoms with Crippen molar-refractivity contribution in [2.45, 2.75) is 45.4 Å². The van der Waals surface area contributed by atoms with E-state index in [1.165, 1.54) is 0 Å². The molecule has 3 heteroatoms. The Bertz CT molecular complexity index is 150. The lowest BCUT2D eigenvalue weighted by Crippen LogP contribution is -2.46. The SMILES string of the molecule is CC(O)C(C)N1CCCOCC1C. The van der Waals surface area contributed by atoms with E-state index in [0.717, 1.165) is 26.2 Å². The van der Waals surface area contributed by atoms with Crippen LogP contribution in [0.4, 0.5) is 0 Å². The number of rotatable bonds is 2. The van der Waals surface area contributed by atoms with Crippen LogP contribution in [0.15, 0.2) is 0 Å². The minimum Gasteiger partial charge on any atom is -0.392 e. The van der Waals surface area contributed by atoms with Crippen LogP contribution in [0.2, 0.25) is 0 Å². The van der Waals surface area contributed by atoms with Crippen LogP contribution >= 0.6 is 0 Å². The van der Waals surface area contributed by atoms with Gasteiger partial charge in [-0.05, 0) is 27.2 Å². The number of nitrogens with zero attached hydrogens (tertiary/aromatic N) is 1. The van der Waals surface area contributed by atoms with Gasteiger partial charge in [0.15, 0.2) is 0 Å². The second kappa shape index (κ2) is 4.94. The van der Waals surface area contributed by atoms with Crippen molar-refractivity contribution in [1.29, 1.82) is 0 Å². The first-order chi connectivity index (χ1) is 6.13. The highest BCUT2D eigenvalue weighted by atomic mass is 16.5. The molecule has 0 amide bonds. The summed E-state index contributed by atoms with van der Waals surface area (Å²) in [6, 6.07) is 0.656. The molecule has 1 rings (SSSR count). The van der Waals surface area contributed by atoms with Gasteiger partial charge in [0.05, 0.1) is 12.7 Å². The van der Waals surface area contributed by atoms with E-state index in [4.69, 9.17) is 4.74 Å². The molecule has 0 aromatic carbocycles. The van der Waals surface area contributed by atoms with Crippen molar-refractivity contribution < 1.29 is 9.84 Å². The van der Waals surface area contributed by atoms with E-state index in [1.54, 1.807) is 0 Å². The zero-order valence-corrected chi connectivity index (χ0v) is 8.86. The second-order valence-electron chi connectivity index (χ2n) is 4.00. The smallest absolute Gasteiger partial charge is 0.0664 e. The first kappa shape index (κ1) is 11.0. The van der Waals surface area contributed by atoms with Gasteiger partial charge in [-0.3, -0.25) is 4.90 Å². The van der Waals surface area contributed by atoms with Crippen molar-refractivity contribution >= 4 is 0 Å². The van der Waals surface area contributed by atoms with Gasteiger partial charge in [0, 0.05) is 25.2 Å². The third kappa shape index (κ3) is 2.93. The van der Waals surface area contributed by atoms with E-state index in [2.05, 4.69) is 18.7 Å². The molecule has 1 fully saturated rings. The molecule has 0 spiro atoms. The van der Waals surface area contributed by atoms with Gasteiger partial charge in [-0.15, -0.1) is 0 Å². The lowest BCUT2D eigenvalue weighted by Gasteiger charge is -2.34. The second-order valence-corrected chi connectivity index (χ2v) is 4.00. The Kier molecular flexibility index (Phi) is 4.16. The van der Waals surface area contributed by atoms with Crippen LogP contribution in [0.1, 0.15) is 27.2 Å². The predicted molar refractivity (Wildman–Crippen MR) is 52.7 cm³/mol. The molecular formula is C10H21NO2. The average molecular weight is 187 g/mol. The maximum absolute atomic E-state index is 9.50. The van der Waals surface area contributed by atoms with Crippen molar-refractivity contribution in [1.82, 2.24) is 4.90 Å². The molecule has 3 nitrogen and oxygen atoms in total. The van der Waals surface area contributed by atoms with E-state index in [1.807, 2.05) is 6.92 Å². The Morgan fingerprint density at radius 1 is 1.46 bits per heavy atom. The Hall–Kier alpha value is -0.120. The summed E-state index contributed by atoms with van der Waals surface area (Å²) >= 11 is 0. The van der Waals surface area contributed by atoms with Crippen molar-refractivity contribution in [3.05, 3.63) is 0 Å². The van der Waals surface area contributed by atoms with Crippen molar-refractivity contribution in [2.75, 3.05) is 19.8 Å². The van der Waals surface area contributed by atoms with Crippen LogP contribution in [-0.4, -0.2) is 48.0 Å². The molecular weight excluding hydrogens is 166 g/mol. The summed E-state index contributed by atoms with van der Waals surface area (Å²) < 4.78 is 5.44. The Balaban J connectivity index is 2.53. The molecule has 1 heterocycles. The van der Waals surface area contributed by atoms with Gasteiger partial charge in [0.2, 0.25) is 0 Å². The molecule has 3 unspecified atom stereocenters. The highest BCUT2D eigenvalue weighted by molar-refractivity contribution is 4.78. The van der Waals surface area contributed by atoms with Crippen LogP contribution in [0, 0.1) is 0 Å². The predicted octanol–water partition coefficient (Wildman–Crippen LogP) is 0.866. The van der Waals surface area contributed by atoms with Crippen LogP contribution < -0.4 is 0 Å². The zero-order chi connectivity index (χ0) is 9.84. The average Bonchev–Trinajstić information content (AvgIpc) is 2.28. The summed E-state index contributed by atoms with van der Waals surface area (Å²) in [4.78, 5) is 2.33. The van der Waals surface area contributed by atoms with Crippen LogP contribution in [0.25, 0.3) is 0 Å². The van der Waals surface area contributed by atoms with Gasteiger partial charge in [0.1, 0.15) is 0 Å². The summed E-state index contributed by atoms with van der Waals surface area (Å²) in [7, 11) is 0. The molecule has 0 aliphatic carbocycles. The highest BCUT2D eigenvalue weighted by Gasteiger charge is 2.24. The lowest BCUT2D eigenvalue weighted by atomic mass is 10.1. The van der Waals surface area contributed by atoms with Gasteiger partial charge < -0.3 is 9.84 Å². The van der Waals surface area contributed by atoms with Gasteiger partial charge in [-0.25, -0.2) is 0 Å². The molecule has 1 N–H and O–H groups in total. The minimum atomic E-state index is -0.263. The van der Waals surface area contributed by atoms with Crippen molar-refractivity contribution in [3.8, 4) is 0 Å². The minimum absolute atomic E-state index is 0.233. The van der Waals surface area contributed by atoms with E-state index in [-0.39, 0.29) is 12.1 Å². The topological polar surface area (TPSA) is 32.7 Å². The number of aliphatic hydroxyl groups excluding tert-OH is 1. The third-order valence-corrected chi connectivity index (χ3v) is 2.85. The molecule has 78 valence electrons.